The summed E-state index contributed by atoms with van der Waals surface area (Å²) in [4.78, 5) is 2.25. The van der Waals surface area contributed by atoms with Crippen LogP contribution in [0.5, 0.6) is 0 Å². The summed E-state index contributed by atoms with van der Waals surface area (Å²) in [6.07, 6.45) is 0. The van der Waals surface area contributed by atoms with Gasteiger partial charge in [0.25, 0.3) is 0 Å². The van der Waals surface area contributed by atoms with E-state index in [1.165, 1.54) is 22.4 Å². The molecule has 0 amide bonds. The molecule has 0 aromatic heterocycles. The summed E-state index contributed by atoms with van der Waals surface area (Å²) in [5, 5.41) is 0. The summed E-state index contributed by atoms with van der Waals surface area (Å²) in [5.41, 5.74) is 11.6. The van der Waals surface area contributed by atoms with Crippen molar-refractivity contribution in [3.05, 3.63) is 57.6 Å². The third-order valence-electron chi connectivity index (χ3n) is 3.13. The molecule has 100 valence electrons. The first-order valence-corrected chi connectivity index (χ1v) is 7.08. The summed E-state index contributed by atoms with van der Waals surface area (Å²) >= 11 is 3.57. The van der Waals surface area contributed by atoms with Gasteiger partial charge in [-0.2, -0.15) is 0 Å². The van der Waals surface area contributed by atoms with E-state index in [1.54, 1.807) is 0 Å². The Labute approximate surface area is 123 Å². The summed E-state index contributed by atoms with van der Waals surface area (Å²) in [6.45, 7) is 5.11. The second kappa shape index (κ2) is 5.66. The van der Waals surface area contributed by atoms with Crippen molar-refractivity contribution < 1.29 is 0 Å². The molecule has 0 fully saturated rings. The Morgan fingerprint density at radius 1 is 1.05 bits per heavy atom. The van der Waals surface area contributed by atoms with Gasteiger partial charge in [-0.3, -0.25) is 0 Å². The zero-order chi connectivity index (χ0) is 14.0. The Balaban J connectivity index is 2.22. The number of anilines is 2. The van der Waals surface area contributed by atoms with E-state index in [0.717, 1.165) is 16.7 Å². The standard InChI is InChI=1S/C16H19BrN2/c1-11-6-12(2)8-15(7-11)19(3)10-13-4-5-14(18)9-16(13)17/h4-9H,10,18H2,1-3H3. The summed E-state index contributed by atoms with van der Waals surface area (Å²) in [5.74, 6) is 0. The predicted molar refractivity (Wildman–Crippen MR) is 86.6 cm³/mol. The van der Waals surface area contributed by atoms with Gasteiger partial charge < -0.3 is 10.6 Å². The smallest absolute Gasteiger partial charge is 0.0437 e. The van der Waals surface area contributed by atoms with Crippen LogP contribution in [0.1, 0.15) is 16.7 Å². The van der Waals surface area contributed by atoms with E-state index in [4.69, 9.17) is 5.73 Å². The molecule has 0 spiro atoms. The van der Waals surface area contributed by atoms with Crippen molar-refractivity contribution in [2.45, 2.75) is 20.4 Å². The molecule has 2 N–H and O–H groups in total. The van der Waals surface area contributed by atoms with E-state index >= 15 is 0 Å². The molecule has 0 saturated heterocycles. The van der Waals surface area contributed by atoms with Gasteiger partial charge in [0.2, 0.25) is 0 Å². The molecular formula is C16H19BrN2. The highest BCUT2D eigenvalue weighted by Crippen LogP contribution is 2.24. The third kappa shape index (κ3) is 3.51. The Morgan fingerprint density at radius 2 is 1.68 bits per heavy atom. The summed E-state index contributed by atoms with van der Waals surface area (Å²) < 4.78 is 1.06. The van der Waals surface area contributed by atoms with E-state index < -0.39 is 0 Å². The van der Waals surface area contributed by atoms with Crippen LogP contribution in [0, 0.1) is 13.8 Å². The van der Waals surface area contributed by atoms with E-state index in [-0.39, 0.29) is 0 Å². The lowest BCUT2D eigenvalue weighted by atomic mass is 10.1. The Bertz CT molecular complexity index is 573. The lowest BCUT2D eigenvalue weighted by Gasteiger charge is -2.21. The maximum Gasteiger partial charge on any atom is 0.0437 e. The van der Waals surface area contributed by atoms with E-state index in [1.807, 2.05) is 12.1 Å². The maximum absolute atomic E-state index is 5.77. The lowest BCUT2D eigenvalue weighted by molar-refractivity contribution is 0.916. The minimum absolute atomic E-state index is 0.782. The largest absolute Gasteiger partial charge is 0.399 e. The molecule has 2 aromatic rings. The molecule has 0 atom stereocenters. The van der Waals surface area contributed by atoms with E-state index in [0.29, 0.717) is 0 Å². The highest BCUT2D eigenvalue weighted by atomic mass is 79.9. The lowest BCUT2D eigenvalue weighted by Crippen LogP contribution is -2.17. The normalized spacial score (nSPS) is 10.5. The number of halogens is 1. The zero-order valence-electron chi connectivity index (χ0n) is 11.6. The summed E-state index contributed by atoms with van der Waals surface area (Å²) in [6, 6.07) is 12.6. The molecule has 0 bridgehead atoms. The molecule has 2 aromatic carbocycles. The summed E-state index contributed by atoms with van der Waals surface area (Å²) in [7, 11) is 2.11. The monoisotopic (exact) mass is 318 g/mol. The van der Waals surface area contributed by atoms with Crippen molar-refractivity contribution >= 4 is 27.3 Å². The van der Waals surface area contributed by atoms with Crippen LogP contribution in [0.25, 0.3) is 0 Å². The molecule has 0 radical (unpaired) electrons. The molecular weight excluding hydrogens is 300 g/mol. The number of nitrogen functional groups attached to an aromatic ring is 1. The van der Waals surface area contributed by atoms with Crippen molar-refractivity contribution in [2.24, 2.45) is 0 Å². The topological polar surface area (TPSA) is 29.3 Å². The van der Waals surface area contributed by atoms with Crippen molar-refractivity contribution in [3.63, 3.8) is 0 Å². The molecule has 0 aliphatic rings. The molecule has 0 aliphatic carbocycles. The van der Waals surface area contributed by atoms with Crippen molar-refractivity contribution in [1.82, 2.24) is 0 Å². The molecule has 0 saturated carbocycles. The van der Waals surface area contributed by atoms with E-state index in [9.17, 15) is 0 Å². The number of benzene rings is 2. The second-order valence-corrected chi connectivity index (χ2v) is 5.91. The van der Waals surface area contributed by atoms with Crippen LogP contribution in [0.15, 0.2) is 40.9 Å². The number of aryl methyl sites for hydroxylation is 2. The van der Waals surface area contributed by atoms with Crippen LogP contribution in [0.4, 0.5) is 11.4 Å². The van der Waals surface area contributed by atoms with Crippen LogP contribution in [-0.4, -0.2) is 7.05 Å². The fraction of sp³-hybridized carbons (Fsp3) is 0.250. The molecule has 0 heterocycles. The number of hydrogen-bond donors (Lipinski definition) is 1. The Kier molecular flexibility index (Phi) is 4.15. The molecule has 2 nitrogen and oxygen atoms in total. The average molecular weight is 319 g/mol. The minimum atomic E-state index is 0.782. The highest BCUT2D eigenvalue weighted by Gasteiger charge is 2.06. The first-order chi connectivity index (χ1) is 8.95. The van der Waals surface area contributed by atoms with Gasteiger partial charge in [-0.15, -0.1) is 0 Å². The van der Waals surface area contributed by atoms with E-state index in [2.05, 4.69) is 66.0 Å². The van der Waals surface area contributed by atoms with Gasteiger partial charge in [-0.05, 0) is 54.8 Å². The fourth-order valence-electron chi connectivity index (χ4n) is 2.21. The van der Waals surface area contributed by atoms with Crippen molar-refractivity contribution in [3.8, 4) is 0 Å². The molecule has 0 unspecified atom stereocenters. The molecule has 0 aliphatic heterocycles. The van der Waals surface area contributed by atoms with Gasteiger partial charge >= 0.3 is 0 Å². The first kappa shape index (κ1) is 13.9. The average Bonchev–Trinajstić information content (AvgIpc) is 2.31. The molecule has 2 rings (SSSR count). The second-order valence-electron chi connectivity index (χ2n) is 5.05. The van der Waals surface area contributed by atoms with Gasteiger partial charge in [0.1, 0.15) is 0 Å². The van der Waals surface area contributed by atoms with Crippen LogP contribution in [-0.2, 0) is 6.54 Å². The number of nitrogens with two attached hydrogens (primary N) is 1. The highest BCUT2D eigenvalue weighted by molar-refractivity contribution is 9.10. The maximum atomic E-state index is 5.77. The van der Waals surface area contributed by atoms with Crippen LogP contribution in [0.3, 0.4) is 0 Å². The predicted octanol–water partition coefficient (Wildman–Crippen LogP) is 4.28. The Morgan fingerprint density at radius 3 is 2.26 bits per heavy atom. The number of hydrogen-bond acceptors (Lipinski definition) is 2. The molecule has 3 heteroatoms. The van der Waals surface area contributed by atoms with Crippen LogP contribution >= 0.6 is 15.9 Å². The fourth-order valence-corrected chi connectivity index (χ4v) is 2.73. The zero-order valence-corrected chi connectivity index (χ0v) is 13.2. The first-order valence-electron chi connectivity index (χ1n) is 6.29. The molecule has 19 heavy (non-hydrogen) atoms. The third-order valence-corrected chi connectivity index (χ3v) is 3.87. The quantitative estimate of drug-likeness (QED) is 0.856. The number of rotatable bonds is 3. The van der Waals surface area contributed by atoms with Gasteiger partial charge in [0.05, 0.1) is 0 Å². The Hall–Kier alpha value is -1.48. The van der Waals surface area contributed by atoms with Crippen LogP contribution < -0.4 is 10.6 Å². The van der Waals surface area contributed by atoms with Gasteiger partial charge in [0.15, 0.2) is 0 Å². The van der Waals surface area contributed by atoms with Crippen LogP contribution in [0.2, 0.25) is 0 Å². The van der Waals surface area contributed by atoms with Gasteiger partial charge in [-0.25, -0.2) is 0 Å². The minimum Gasteiger partial charge on any atom is -0.399 e. The van der Waals surface area contributed by atoms with Gasteiger partial charge in [-0.1, -0.05) is 28.1 Å². The number of nitrogens with zero attached hydrogens (tertiary/aromatic N) is 1. The van der Waals surface area contributed by atoms with Gasteiger partial charge in [0, 0.05) is 29.4 Å². The van der Waals surface area contributed by atoms with Crippen molar-refractivity contribution in [2.75, 3.05) is 17.7 Å². The SMILES string of the molecule is Cc1cc(C)cc(N(C)Cc2ccc(N)cc2Br)c1. The van der Waals surface area contributed by atoms with Crippen molar-refractivity contribution in [1.29, 1.82) is 0 Å².